The molecule has 50 heavy (non-hydrogen) atoms. The van der Waals surface area contributed by atoms with Crippen LogP contribution >= 0.6 is 24.8 Å². The minimum Gasteiger partial charge on any atom is -0.477 e. The lowest BCUT2D eigenvalue weighted by Gasteiger charge is -2.34. The number of unbranched alkanes of at least 4 members (excludes halogenated alkanes) is 21. The Morgan fingerprint density at radius 2 is 0.940 bits per heavy atom. The molecule has 2 unspecified atom stereocenters. The van der Waals surface area contributed by atoms with Gasteiger partial charge in [-0.25, -0.2) is 4.79 Å². The Balaban J connectivity index is -0.0000110. The van der Waals surface area contributed by atoms with Gasteiger partial charge in [0, 0.05) is 12.8 Å². The van der Waals surface area contributed by atoms with Crippen molar-refractivity contribution in [2.45, 2.75) is 213 Å². The van der Waals surface area contributed by atoms with Crippen molar-refractivity contribution < 1.29 is 33.8 Å². The second-order valence-corrected chi connectivity index (χ2v) is 13.5. The number of carboxylic acid groups (broad SMARTS) is 1. The number of aliphatic carboxylic acids is 1. The second kappa shape index (κ2) is 37.1. The summed E-state index contributed by atoms with van der Waals surface area (Å²) in [6.07, 6.45) is 23.4. The highest BCUT2D eigenvalue weighted by atomic mass is 35.5. The average molecular weight is 757 g/mol. The molecule has 0 aliphatic heterocycles. The zero-order valence-electron chi connectivity index (χ0n) is 31.8. The molecule has 0 saturated heterocycles. The maximum absolute atomic E-state index is 13.4. The molecular formula is C38H75Cl2N3O7. The Morgan fingerprint density at radius 1 is 0.580 bits per heavy atom. The van der Waals surface area contributed by atoms with E-state index in [1.165, 1.54) is 96.8 Å². The lowest BCUT2D eigenvalue weighted by atomic mass is 10.1. The fourth-order valence-electron chi connectivity index (χ4n) is 5.89. The first-order valence-electron chi connectivity index (χ1n) is 19.6. The topological polar surface area (TPSA) is 162 Å². The highest BCUT2D eigenvalue weighted by molar-refractivity contribution is 5.88. The van der Waals surface area contributed by atoms with Gasteiger partial charge in [-0.2, -0.15) is 0 Å². The summed E-state index contributed by atoms with van der Waals surface area (Å²) in [6.45, 7) is 6.29. The highest BCUT2D eigenvalue weighted by Gasteiger charge is 2.40. The lowest BCUT2D eigenvalue weighted by molar-refractivity contribution is -0.199. The molecule has 1 amide bonds. The van der Waals surface area contributed by atoms with Gasteiger partial charge in [-0.1, -0.05) is 149 Å². The maximum atomic E-state index is 13.4. The van der Waals surface area contributed by atoms with Crippen LogP contribution in [0.2, 0.25) is 0 Å². The van der Waals surface area contributed by atoms with E-state index in [2.05, 4.69) is 13.8 Å². The third-order valence-corrected chi connectivity index (χ3v) is 8.91. The van der Waals surface area contributed by atoms with Gasteiger partial charge < -0.3 is 26.0 Å². The Morgan fingerprint density at radius 3 is 1.30 bits per heavy atom. The number of nitrogens with two attached hydrogens (primary N) is 2. The predicted molar refractivity (Wildman–Crippen MR) is 207 cm³/mol. The minimum atomic E-state index is -1.96. The van der Waals surface area contributed by atoms with E-state index >= 15 is 0 Å². The van der Waals surface area contributed by atoms with E-state index in [1.807, 2.05) is 0 Å². The highest BCUT2D eigenvalue weighted by Crippen LogP contribution is 2.18. The summed E-state index contributed by atoms with van der Waals surface area (Å²) in [6, 6.07) is -1.06. The van der Waals surface area contributed by atoms with E-state index < -0.39 is 42.3 Å². The Bertz CT molecular complexity index is 838. The molecule has 0 rings (SSSR count). The van der Waals surface area contributed by atoms with Crippen molar-refractivity contribution in [1.82, 2.24) is 4.90 Å². The van der Waals surface area contributed by atoms with Crippen molar-refractivity contribution in [2.75, 3.05) is 6.54 Å². The fourth-order valence-corrected chi connectivity index (χ4v) is 5.89. The lowest BCUT2D eigenvalue weighted by Crippen LogP contribution is -2.57. The molecule has 0 spiro atoms. The van der Waals surface area contributed by atoms with Crippen LogP contribution in [-0.4, -0.2) is 58.9 Å². The molecule has 12 heteroatoms. The van der Waals surface area contributed by atoms with Crippen LogP contribution in [0.1, 0.15) is 194 Å². The number of esters is 2. The molecule has 0 radical (unpaired) electrons. The van der Waals surface area contributed by atoms with E-state index in [0.29, 0.717) is 32.2 Å². The summed E-state index contributed by atoms with van der Waals surface area (Å²) in [4.78, 5) is 52.0. The quantitative estimate of drug-likeness (QED) is 0.0330. The van der Waals surface area contributed by atoms with Gasteiger partial charge in [0.15, 0.2) is 6.23 Å². The van der Waals surface area contributed by atoms with Crippen LogP contribution in [0.25, 0.3) is 0 Å². The van der Waals surface area contributed by atoms with Gasteiger partial charge in [0.25, 0.3) is 6.23 Å². The van der Waals surface area contributed by atoms with Crippen LogP contribution < -0.4 is 11.5 Å². The van der Waals surface area contributed by atoms with Gasteiger partial charge in [-0.15, -0.1) is 24.8 Å². The van der Waals surface area contributed by atoms with Crippen LogP contribution in [-0.2, 0) is 28.7 Å². The smallest absolute Gasteiger partial charge is 0.367 e. The van der Waals surface area contributed by atoms with Crippen LogP contribution in [0, 0.1) is 0 Å². The summed E-state index contributed by atoms with van der Waals surface area (Å²) in [5.74, 6) is -3.54. The molecule has 298 valence electrons. The van der Waals surface area contributed by atoms with E-state index in [9.17, 15) is 24.3 Å². The molecule has 0 aliphatic carbocycles. The molecule has 3 atom stereocenters. The van der Waals surface area contributed by atoms with Gasteiger partial charge in [-0.3, -0.25) is 19.3 Å². The molecule has 0 aromatic carbocycles. The number of nitrogens with zero attached hydrogens (tertiary/aromatic N) is 1. The molecule has 0 aromatic rings. The number of ether oxygens (including phenoxy) is 2. The van der Waals surface area contributed by atoms with E-state index in [-0.39, 0.29) is 44.1 Å². The fraction of sp³-hybridized carbons (Fsp3) is 0.895. The van der Waals surface area contributed by atoms with Crippen LogP contribution in [0.15, 0.2) is 0 Å². The van der Waals surface area contributed by atoms with Crippen molar-refractivity contribution in [2.24, 2.45) is 11.5 Å². The number of amides is 1. The minimum absolute atomic E-state index is 0. The van der Waals surface area contributed by atoms with Crippen molar-refractivity contribution in [3.05, 3.63) is 0 Å². The molecule has 0 aliphatic rings. The third-order valence-electron chi connectivity index (χ3n) is 8.91. The molecule has 0 aromatic heterocycles. The van der Waals surface area contributed by atoms with Gasteiger partial charge in [0.2, 0.25) is 5.91 Å². The SMILES string of the molecule is CCCCCCCCCCCCCC(=O)OC(C)N(C(=O)[C@@H](N)CCCCN)C(OC(=O)CCCCCCCCCCCCC)C(=O)O.Cl.Cl. The number of carbonyl (C=O) groups excluding carboxylic acids is 3. The first-order chi connectivity index (χ1) is 23.2. The van der Waals surface area contributed by atoms with Crippen molar-refractivity contribution in [3.63, 3.8) is 0 Å². The van der Waals surface area contributed by atoms with Crippen molar-refractivity contribution in [3.8, 4) is 0 Å². The Hall–Kier alpha value is -1.62. The van der Waals surface area contributed by atoms with Gasteiger partial charge in [0.1, 0.15) is 0 Å². The van der Waals surface area contributed by atoms with Crippen LogP contribution in [0.3, 0.4) is 0 Å². The van der Waals surface area contributed by atoms with Gasteiger partial charge in [-0.05, 0) is 39.2 Å². The monoisotopic (exact) mass is 755 g/mol. The third kappa shape index (κ3) is 29.0. The first-order valence-corrected chi connectivity index (χ1v) is 19.6. The number of hydrogen-bond acceptors (Lipinski definition) is 8. The number of carbonyl (C=O) groups is 4. The molecule has 0 bridgehead atoms. The van der Waals surface area contributed by atoms with Crippen LogP contribution in [0.5, 0.6) is 0 Å². The zero-order valence-corrected chi connectivity index (χ0v) is 33.5. The Labute approximate surface area is 317 Å². The normalized spacial score (nSPS) is 12.6. The molecule has 0 saturated carbocycles. The number of halogens is 2. The summed E-state index contributed by atoms with van der Waals surface area (Å²) in [5.41, 5.74) is 11.7. The summed E-state index contributed by atoms with van der Waals surface area (Å²) in [7, 11) is 0. The summed E-state index contributed by atoms with van der Waals surface area (Å²) >= 11 is 0. The van der Waals surface area contributed by atoms with E-state index in [0.717, 1.165) is 43.4 Å². The van der Waals surface area contributed by atoms with E-state index in [1.54, 1.807) is 0 Å². The molecular weight excluding hydrogens is 681 g/mol. The maximum Gasteiger partial charge on any atom is 0.367 e. The van der Waals surface area contributed by atoms with Crippen molar-refractivity contribution >= 4 is 48.6 Å². The zero-order chi connectivity index (χ0) is 35.8. The molecule has 0 heterocycles. The number of hydrogen-bond donors (Lipinski definition) is 3. The second-order valence-electron chi connectivity index (χ2n) is 13.5. The molecule has 0 fully saturated rings. The van der Waals surface area contributed by atoms with Crippen LogP contribution in [0.4, 0.5) is 0 Å². The summed E-state index contributed by atoms with van der Waals surface area (Å²) < 4.78 is 10.9. The molecule has 5 N–H and O–H groups in total. The first kappa shape index (κ1) is 52.7. The van der Waals surface area contributed by atoms with E-state index in [4.69, 9.17) is 20.9 Å². The predicted octanol–water partition coefficient (Wildman–Crippen LogP) is 9.36. The van der Waals surface area contributed by atoms with Gasteiger partial charge in [0.05, 0.1) is 6.04 Å². The summed E-state index contributed by atoms with van der Waals surface area (Å²) in [5, 5.41) is 10.0. The standard InChI is InChI=1S/C38H73N3O7.2ClH/c1-4-6-8-10-12-14-16-18-20-22-24-29-34(42)47-32(3)41(36(44)33(40)28-26-27-31-39)37(38(45)46)48-35(43)30-25-23-21-19-17-15-13-11-9-7-5-2;;/h32-33,37H,4-31,39-40H2,1-3H3,(H,45,46);2*1H/t32?,33-,37?;;/m0../s1. The molecule has 10 nitrogen and oxygen atoms in total. The largest absolute Gasteiger partial charge is 0.477 e. The van der Waals surface area contributed by atoms with Crippen molar-refractivity contribution in [1.29, 1.82) is 0 Å². The average Bonchev–Trinajstić information content (AvgIpc) is 3.05. The van der Waals surface area contributed by atoms with Gasteiger partial charge >= 0.3 is 17.9 Å². The number of rotatable bonds is 34. The number of carboxylic acids is 1. The Kier molecular flexibility index (Phi) is 39.2.